The summed E-state index contributed by atoms with van der Waals surface area (Å²) in [6.45, 7) is 7.38. The van der Waals surface area contributed by atoms with Gasteiger partial charge in [0.05, 0.1) is 0 Å². The Kier molecular flexibility index (Phi) is 5.59. The van der Waals surface area contributed by atoms with E-state index >= 15 is 0 Å². The number of likely N-dealkylation sites (tertiary alicyclic amines) is 1. The monoisotopic (exact) mass is 341 g/mol. The van der Waals surface area contributed by atoms with Crippen LogP contribution in [0.3, 0.4) is 0 Å². The molecule has 3 rings (SSSR count). The van der Waals surface area contributed by atoms with Gasteiger partial charge in [0.2, 0.25) is 5.92 Å². The number of nitrogens with zero attached hydrogens (tertiary/aromatic N) is 1. The minimum absolute atomic E-state index is 0.122. The van der Waals surface area contributed by atoms with Crippen molar-refractivity contribution in [2.75, 3.05) is 20.1 Å². The molecule has 1 spiro atoms. The Hall–Kier alpha value is -0.180. The van der Waals surface area contributed by atoms with Crippen LogP contribution >= 0.6 is 0 Å². The first-order chi connectivity index (χ1) is 11.3. The molecule has 1 nitrogen and oxygen atoms in total. The van der Waals surface area contributed by atoms with E-state index in [9.17, 15) is 8.78 Å². The molecule has 2 aliphatic carbocycles. The van der Waals surface area contributed by atoms with E-state index in [1.165, 1.54) is 51.6 Å². The maximum absolute atomic E-state index is 13.3. The van der Waals surface area contributed by atoms with Crippen LogP contribution in [0.4, 0.5) is 8.78 Å². The molecule has 0 radical (unpaired) electrons. The Morgan fingerprint density at radius 3 is 1.67 bits per heavy atom. The Bertz CT molecular complexity index is 396. The molecule has 3 fully saturated rings. The Morgan fingerprint density at radius 1 is 0.833 bits per heavy atom. The molecule has 2 saturated carbocycles. The average molecular weight is 342 g/mol. The van der Waals surface area contributed by atoms with Crippen LogP contribution in [0.15, 0.2) is 0 Å². The van der Waals surface area contributed by atoms with Gasteiger partial charge in [-0.2, -0.15) is 0 Å². The molecule has 0 bridgehead atoms. The molecule has 3 heteroatoms. The maximum atomic E-state index is 13.3. The summed E-state index contributed by atoms with van der Waals surface area (Å²) in [6.07, 6.45) is 9.95. The van der Waals surface area contributed by atoms with Gasteiger partial charge in [0.1, 0.15) is 0 Å². The lowest BCUT2D eigenvalue weighted by Gasteiger charge is -2.53. The highest BCUT2D eigenvalue weighted by molar-refractivity contribution is 4.97. The van der Waals surface area contributed by atoms with Crippen molar-refractivity contribution in [1.82, 2.24) is 4.90 Å². The summed E-state index contributed by atoms with van der Waals surface area (Å²) in [5.74, 6) is 0.504. The molecule has 1 aliphatic heterocycles. The van der Waals surface area contributed by atoms with Crippen molar-refractivity contribution in [2.24, 2.45) is 29.1 Å². The third-order valence-electron chi connectivity index (χ3n) is 7.75. The molecule has 1 heterocycles. The van der Waals surface area contributed by atoms with Crippen LogP contribution in [0.2, 0.25) is 0 Å². The fourth-order valence-corrected chi connectivity index (χ4v) is 5.87. The molecule has 2 unspecified atom stereocenters. The Morgan fingerprint density at radius 2 is 1.25 bits per heavy atom. The van der Waals surface area contributed by atoms with Crippen molar-refractivity contribution in [1.29, 1.82) is 0 Å². The van der Waals surface area contributed by atoms with Crippen LogP contribution in [0, 0.1) is 29.1 Å². The zero-order valence-corrected chi connectivity index (χ0v) is 16.0. The van der Waals surface area contributed by atoms with Crippen LogP contribution < -0.4 is 0 Å². The molecule has 24 heavy (non-hydrogen) atoms. The lowest BCUT2D eigenvalue weighted by molar-refractivity contribution is -0.0523. The summed E-state index contributed by atoms with van der Waals surface area (Å²) in [5, 5.41) is 0. The van der Waals surface area contributed by atoms with Crippen LogP contribution in [-0.2, 0) is 0 Å². The van der Waals surface area contributed by atoms with Gasteiger partial charge in [0.15, 0.2) is 0 Å². The van der Waals surface area contributed by atoms with E-state index in [0.29, 0.717) is 17.3 Å². The Balaban J connectivity index is 1.36. The zero-order valence-electron chi connectivity index (χ0n) is 16.0. The molecule has 0 N–H and O–H groups in total. The van der Waals surface area contributed by atoms with Gasteiger partial charge in [-0.1, -0.05) is 26.7 Å². The first-order valence-electron chi connectivity index (χ1n) is 10.3. The maximum Gasteiger partial charge on any atom is 0.248 e. The topological polar surface area (TPSA) is 3.24 Å². The van der Waals surface area contributed by atoms with Crippen LogP contribution in [0.5, 0.6) is 0 Å². The predicted molar refractivity (Wildman–Crippen MR) is 96.4 cm³/mol. The molecule has 1 saturated heterocycles. The zero-order chi connectivity index (χ0) is 17.4. The van der Waals surface area contributed by atoms with Gasteiger partial charge in [-0.3, -0.25) is 0 Å². The second kappa shape index (κ2) is 7.21. The molecular formula is C21H37F2N. The summed E-state index contributed by atoms with van der Waals surface area (Å²) in [4.78, 5) is 2.46. The smallest absolute Gasteiger partial charge is 0.248 e. The van der Waals surface area contributed by atoms with Crippen molar-refractivity contribution in [3.63, 3.8) is 0 Å². The number of halogens is 2. The van der Waals surface area contributed by atoms with Crippen molar-refractivity contribution in [3.05, 3.63) is 0 Å². The van der Waals surface area contributed by atoms with Crippen LogP contribution in [0.1, 0.15) is 78.1 Å². The van der Waals surface area contributed by atoms with Crippen molar-refractivity contribution in [3.8, 4) is 0 Å². The average Bonchev–Trinajstić information content (AvgIpc) is 2.51. The van der Waals surface area contributed by atoms with E-state index in [-0.39, 0.29) is 12.8 Å². The lowest BCUT2D eigenvalue weighted by Crippen LogP contribution is -2.55. The van der Waals surface area contributed by atoms with E-state index in [0.717, 1.165) is 24.7 Å². The van der Waals surface area contributed by atoms with E-state index in [2.05, 4.69) is 25.8 Å². The number of hydrogen-bond donors (Lipinski definition) is 0. The van der Waals surface area contributed by atoms with Gasteiger partial charge in [-0.05, 0) is 74.7 Å². The van der Waals surface area contributed by atoms with Gasteiger partial charge >= 0.3 is 0 Å². The van der Waals surface area contributed by atoms with Crippen LogP contribution in [0.25, 0.3) is 0 Å². The van der Waals surface area contributed by atoms with Crippen molar-refractivity contribution < 1.29 is 8.78 Å². The third kappa shape index (κ3) is 4.31. The highest BCUT2D eigenvalue weighted by Gasteiger charge is 2.44. The fraction of sp³-hybridized carbons (Fsp3) is 1.00. The summed E-state index contributed by atoms with van der Waals surface area (Å²) in [7, 11) is 2.24. The molecule has 0 aromatic carbocycles. The molecule has 3 aliphatic rings. The van der Waals surface area contributed by atoms with E-state index in [1.54, 1.807) is 0 Å². The van der Waals surface area contributed by atoms with Crippen molar-refractivity contribution in [2.45, 2.75) is 84.0 Å². The van der Waals surface area contributed by atoms with E-state index in [4.69, 9.17) is 0 Å². The lowest BCUT2D eigenvalue weighted by atomic mass is 9.63. The molecule has 140 valence electrons. The fourth-order valence-electron chi connectivity index (χ4n) is 5.87. The predicted octanol–water partition coefficient (Wildman–Crippen LogP) is 5.99. The van der Waals surface area contributed by atoms with Crippen molar-refractivity contribution >= 4 is 0 Å². The molecule has 0 amide bonds. The standard InChI is InChI=1S/C21H37F2N/c1-16(18-6-10-20(11-7-18)14-24(3)15-20)4-5-17(2)19-8-12-21(22,23)13-9-19/h16-19H,4-15H2,1-3H3. The number of hydrogen-bond acceptors (Lipinski definition) is 1. The third-order valence-corrected chi connectivity index (χ3v) is 7.75. The van der Waals surface area contributed by atoms with Gasteiger partial charge in [0, 0.05) is 25.9 Å². The SMILES string of the molecule is CC(CCC(C)C1CCC2(CC1)CN(C)C2)C1CCC(F)(F)CC1. The summed E-state index contributed by atoms with van der Waals surface area (Å²) in [5.41, 5.74) is 0.672. The second-order valence-electron chi connectivity index (χ2n) is 9.74. The highest BCUT2D eigenvalue weighted by atomic mass is 19.3. The second-order valence-corrected chi connectivity index (χ2v) is 9.74. The van der Waals surface area contributed by atoms with Gasteiger partial charge in [-0.15, -0.1) is 0 Å². The van der Waals surface area contributed by atoms with E-state index < -0.39 is 5.92 Å². The van der Waals surface area contributed by atoms with Gasteiger partial charge in [0.25, 0.3) is 0 Å². The highest BCUT2D eigenvalue weighted by Crippen LogP contribution is 2.47. The number of rotatable bonds is 5. The molecular weight excluding hydrogens is 304 g/mol. The van der Waals surface area contributed by atoms with E-state index in [1.807, 2.05) is 0 Å². The quantitative estimate of drug-likeness (QED) is 0.594. The first kappa shape index (κ1) is 18.6. The van der Waals surface area contributed by atoms with Gasteiger partial charge in [-0.25, -0.2) is 8.78 Å². The van der Waals surface area contributed by atoms with Gasteiger partial charge < -0.3 is 4.90 Å². The molecule has 0 aromatic rings. The molecule has 2 atom stereocenters. The summed E-state index contributed by atoms with van der Waals surface area (Å²) >= 11 is 0. The summed E-state index contributed by atoms with van der Waals surface area (Å²) in [6, 6.07) is 0. The largest absolute Gasteiger partial charge is 0.305 e. The Labute approximate surface area is 147 Å². The molecule has 0 aromatic heterocycles. The minimum Gasteiger partial charge on any atom is -0.305 e. The number of alkyl halides is 2. The first-order valence-corrected chi connectivity index (χ1v) is 10.3. The van der Waals surface area contributed by atoms with Crippen LogP contribution in [-0.4, -0.2) is 31.0 Å². The summed E-state index contributed by atoms with van der Waals surface area (Å²) < 4.78 is 26.6. The minimum atomic E-state index is -2.38. The normalized spacial score (nSPS) is 30.9.